The first-order chi connectivity index (χ1) is 13.9. The lowest BCUT2D eigenvalue weighted by atomic mass is 9.95. The molecule has 2 saturated heterocycles. The number of sulfonamides is 1. The van der Waals surface area contributed by atoms with E-state index in [9.17, 15) is 13.2 Å². The lowest BCUT2D eigenvalue weighted by Crippen LogP contribution is -2.46. The molecule has 0 radical (unpaired) electrons. The van der Waals surface area contributed by atoms with Crippen LogP contribution in [-0.4, -0.2) is 69.6 Å². The van der Waals surface area contributed by atoms with Gasteiger partial charge in [-0.15, -0.1) is 0 Å². The first-order valence-corrected chi connectivity index (χ1v) is 12.0. The quantitative estimate of drug-likeness (QED) is 0.715. The second-order valence-electron chi connectivity index (χ2n) is 7.86. The zero-order valence-electron chi connectivity index (χ0n) is 17.3. The molecule has 1 atom stereocenters. The number of hydrogen-bond donors (Lipinski definition) is 1. The molecule has 2 aliphatic heterocycles. The Labute approximate surface area is 173 Å². The van der Waals surface area contributed by atoms with Gasteiger partial charge >= 0.3 is 0 Å². The first kappa shape index (κ1) is 22.0. The van der Waals surface area contributed by atoms with Crippen LogP contribution in [0.5, 0.6) is 0 Å². The molecule has 3 rings (SSSR count). The average Bonchev–Trinajstić information content (AvgIpc) is 2.74. The molecule has 1 N–H and O–H groups in total. The molecule has 1 unspecified atom stereocenters. The Bertz CT molecular complexity index is 770. The normalized spacial score (nSPS) is 19.9. The van der Waals surface area contributed by atoms with Crippen LogP contribution in [0.1, 0.15) is 39.5 Å². The number of rotatable bonds is 7. The molecule has 1 aromatic rings. The van der Waals surface area contributed by atoms with Gasteiger partial charge in [-0.2, -0.15) is 0 Å². The van der Waals surface area contributed by atoms with Crippen LogP contribution in [0.3, 0.4) is 0 Å². The van der Waals surface area contributed by atoms with Gasteiger partial charge in [0.1, 0.15) is 10.7 Å². The number of aromatic nitrogens is 1. The standard InChI is InChI=1S/C20H32N4O4S/c1-3-4-16(2)22-29(26,27)18-5-6-19(21-15-18)23-9-7-17(8-10-23)20(25)24-11-13-28-14-12-24/h5-6,15-17,22H,3-4,7-14H2,1-2H3. The largest absolute Gasteiger partial charge is 0.378 e. The fourth-order valence-corrected chi connectivity index (χ4v) is 5.16. The number of morpholine rings is 1. The van der Waals surface area contributed by atoms with E-state index in [2.05, 4.69) is 14.6 Å². The Hall–Kier alpha value is -1.71. The highest BCUT2D eigenvalue weighted by Gasteiger charge is 2.30. The number of nitrogens with one attached hydrogen (secondary N) is 1. The summed E-state index contributed by atoms with van der Waals surface area (Å²) >= 11 is 0. The van der Waals surface area contributed by atoms with E-state index in [-0.39, 0.29) is 22.8 Å². The zero-order valence-corrected chi connectivity index (χ0v) is 18.2. The second-order valence-corrected chi connectivity index (χ2v) is 9.58. The van der Waals surface area contributed by atoms with Crippen LogP contribution in [0, 0.1) is 5.92 Å². The van der Waals surface area contributed by atoms with Crippen molar-refractivity contribution in [2.75, 3.05) is 44.3 Å². The van der Waals surface area contributed by atoms with Gasteiger partial charge in [-0.1, -0.05) is 13.3 Å². The maximum atomic E-state index is 12.6. The van der Waals surface area contributed by atoms with Crippen molar-refractivity contribution in [1.29, 1.82) is 0 Å². The van der Waals surface area contributed by atoms with Crippen molar-refractivity contribution in [3.63, 3.8) is 0 Å². The molecule has 0 saturated carbocycles. The van der Waals surface area contributed by atoms with Gasteiger partial charge in [0.2, 0.25) is 15.9 Å². The number of nitrogens with zero attached hydrogens (tertiary/aromatic N) is 3. The molecule has 0 aromatic carbocycles. The van der Waals surface area contributed by atoms with Crippen LogP contribution >= 0.6 is 0 Å². The SMILES string of the molecule is CCCC(C)NS(=O)(=O)c1ccc(N2CCC(C(=O)N3CCOCC3)CC2)nc1. The predicted molar refractivity (Wildman–Crippen MR) is 111 cm³/mol. The molecule has 3 heterocycles. The van der Waals surface area contributed by atoms with Crippen molar-refractivity contribution in [3.8, 4) is 0 Å². The highest BCUT2D eigenvalue weighted by Crippen LogP contribution is 2.24. The highest BCUT2D eigenvalue weighted by atomic mass is 32.2. The third-order valence-electron chi connectivity index (χ3n) is 5.60. The van der Waals surface area contributed by atoms with Gasteiger partial charge in [-0.25, -0.2) is 18.1 Å². The molecular weight excluding hydrogens is 392 g/mol. The molecule has 0 spiro atoms. The smallest absolute Gasteiger partial charge is 0.242 e. The minimum Gasteiger partial charge on any atom is -0.378 e. The van der Waals surface area contributed by atoms with Gasteiger partial charge in [-0.3, -0.25) is 4.79 Å². The maximum Gasteiger partial charge on any atom is 0.242 e. The lowest BCUT2D eigenvalue weighted by Gasteiger charge is -2.36. The number of amides is 1. The third kappa shape index (κ3) is 5.67. The molecule has 1 aromatic heterocycles. The van der Waals surface area contributed by atoms with E-state index in [0.717, 1.165) is 44.6 Å². The van der Waals surface area contributed by atoms with Gasteiger partial charge < -0.3 is 14.5 Å². The van der Waals surface area contributed by atoms with Gasteiger partial charge in [-0.05, 0) is 38.3 Å². The second kappa shape index (κ2) is 9.86. The Morgan fingerprint density at radius 3 is 2.52 bits per heavy atom. The van der Waals surface area contributed by atoms with Crippen LogP contribution in [0.15, 0.2) is 23.2 Å². The van der Waals surface area contributed by atoms with Crippen molar-refractivity contribution in [3.05, 3.63) is 18.3 Å². The minimum absolute atomic E-state index is 0.0493. The monoisotopic (exact) mass is 424 g/mol. The summed E-state index contributed by atoms with van der Waals surface area (Å²) in [7, 11) is -3.55. The molecule has 0 bridgehead atoms. The summed E-state index contributed by atoms with van der Waals surface area (Å²) in [5.74, 6) is 1.03. The molecule has 29 heavy (non-hydrogen) atoms. The first-order valence-electron chi connectivity index (χ1n) is 10.5. The number of anilines is 1. The molecule has 0 aliphatic carbocycles. The summed E-state index contributed by atoms with van der Waals surface area (Å²) in [5, 5.41) is 0. The maximum absolute atomic E-state index is 12.6. The van der Waals surface area contributed by atoms with Crippen LogP contribution in [0.2, 0.25) is 0 Å². The molecule has 2 fully saturated rings. The fraction of sp³-hybridized carbons (Fsp3) is 0.700. The number of pyridine rings is 1. The third-order valence-corrected chi connectivity index (χ3v) is 7.17. The lowest BCUT2D eigenvalue weighted by molar-refractivity contribution is -0.140. The van der Waals surface area contributed by atoms with Gasteiger partial charge in [0.25, 0.3) is 0 Å². The van der Waals surface area contributed by atoms with E-state index in [1.54, 1.807) is 12.1 Å². The zero-order chi connectivity index (χ0) is 20.9. The van der Waals surface area contributed by atoms with Crippen LogP contribution in [0.25, 0.3) is 0 Å². The predicted octanol–water partition coefficient (Wildman–Crippen LogP) is 1.62. The van der Waals surface area contributed by atoms with Gasteiger partial charge in [0.05, 0.1) is 13.2 Å². The minimum atomic E-state index is -3.55. The highest BCUT2D eigenvalue weighted by molar-refractivity contribution is 7.89. The Morgan fingerprint density at radius 1 is 1.24 bits per heavy atom. The Morgan fingerprint density at radius 2 is 1.93 bits per heavy atom. The summed E-state index contributed by atoms with van der Waals surface area (Å²) in [6.45, 7) is 7.98. The number of ether oxygens (including phenoxy) is 1. The Kier molecular flexibility index (Phi) is 7.48. The Balaban J connectivity index is 1.55. The van der Waals surface area contributed by atoms with Crippen molar-refractivity contribution in [2.45, 2.75) is 50.5 Å². The summed E-state index contributed by atoms with van der Waals surface area (Å²) in [6.07, 6.45) is 4.71. The van der Waals surface area contributed by atoms with Crippen molar-refractivity contribution >= 4 is 21.7 Å². The molecule has 162 valence electrons. The van der Waals surface area contributed by atoms with Crippen LogP contribution in [-0.2, 0) is 19.6 Å². The molecule has 8 nitrogen and oxygen atoms in total. The van der Waals surface area contributed by atoms with E-state index in [0.29, 0.717) is 26.3 Å². The number of piperidine rings is 1. The fourth-order valence-electron chi connectivity index (χ4n) is 3.94. The number of carbonyl (C=O) groups excluding carboxylic acids is 1. The molecule has 2 aliphatic rings. The van der Waals surface area contributed by atoms with E-state index < -0.39 is 10.0 Å². The van der Waals surface area contributed by atoms with Crippen LogP contribution in [0.4, 0.5) is 5.82 Å². The summed E-state index contributed by atoms with van der Waals surface area (Å²) in [6, 6.07) is 3.25. The number of carbonyl (C=O) groups is 1. The topological polar surface area (TPSA) is 91.8 Å². The summed E-state index contributed by atoms with van der Waals surface area (Å²) in [4.78, 5) is 21.2. The summed E-state index contributed by atoms with van der Waals surface area (Å²) < 4.78 is 32.9. The van der Waals surface area contributed by atoms with Crippen molar-refractivity contribution in [1.82, 2.24) is 14.6 Å². The number of hydrogen-bond acceptors (Lipinski definition) is 6. The molecule has 1 amide bonds. The molecular formula is C20H32N4O4S. The van der Waals surface area contributed by atoms with E-state index in [1.165, 1.54) is 6.20 Å². The van der Waals surface area contributed by atoms with E-state index in [1.807, 2.05) is 18.7 Å². The van der Waals surface area contributed by atoms with E-state index >= 15 is 0 Å². The molecule has 9 heteroatoms. The van der Waals surface area contributed by atoms with Gasteiger partial charge in [0.15, 0.2) is 0 Å². The van der Waals surface area contributed by atoms with E-state index in [4.69, 9.17) is 4.74 Å². The summed E-state index contributed by atoms with van der Waals surface area (Å²) in [5.41, 5.74) is 0. The van der Waals surface area contributed by atoms with Gasteiger partial charge in [0, 0.05) is 44.3 Å². The van der Waals surface area contributed by atoms with Crippen molar-refractivity contribution in [2.24, 2.45) is 5.92 Å². The van der Waals surface area contributed by atoms with Crippen molar-refractivity contribution < 1.29 is 17.9 Å². The van der Waals surface area contributed by atoms with Crippen LogP contribution < -0.4 is 9.62 Å². The average molecular weight is 425 g/mol.